The van der Waals surface area contributed by atoms with Gasteiger partial charge in [-0.15, -0.1) is 0 Å². The number of amides is 2. The first-order valence-electron chi connectivity index (χ1n) is 11.7. The van der Waals surface area contributed by atoms with Crippen LogP contribution in [-0.4, -0.2) is 76.4 Å². The molecule has 2 aliphatic rings. The molecule has 2 fully saturated rings. The molecule has 2 rings (SSSR count). The summed E-state index contributed by atoms with van der Waals surface area (Å²) in [4.78, 5) is 37.8. The predicted octanol–water partition coefficient (Wildman–Crippen LogP) is 4.24. The molecule has 0 aromatic carbocycles. The van der Waals surface area contributed by atoms with Crippen LogP contribution in [0.15, 0.2) is 0 Å². The van der Waals surface area contributed by atoms with E-state index in [4.69, 9.17) is 14.6 Å². The van der Waals surface area contributed by atoms with E-state index in [1.807, 2.05) is 55.4 Å². The number of rotatable bonds is 2. The summed E-state index contributed by atoms with van der Waals surface area (Å²) in [6, 6.07) is 0.236. The predicted molar refractivity (Wildman–Crippen MR) is 123 cm³/mol. The van der Waals surface area contributed by atoms with Crippen LogP contribution in [0.1, 0.15) is 81.1 Å². The average Bonchev–Trinajstić information content (AvgIpc) is 2.65. The van der Waals surface area contributed by atoms with Crippen molar-refractivity contribution in [3.05, 3.63) is 0 Å². The molecule has 32 heavy (non-hydrogen) atoms. The molecular weight excluding hydrogens is 412 g/mol. The number of aliphatic hydroxyl groups excluding tert-OH is 1. The Bertz CT molecular complexity index is 625. The maximum atomic E-state index is 11.9. The smallest absolute Gasteiger partial charge is 0.410 e. The normalized spacial score (nSPS) is 26.5. The Labute approximate surface area is 193 Å². The Morgan fingerprint density at radius 1 is 0.875 bits per heavy atom. The van der Waals surface area contributed by atoms with Crippen LogP contribution >= 0.6 is 0 Å². The fourth-order valence-electron chi connectivity index (χ4n) is 3.95. The van der Waals surface area contributed by atoms with E-state index >= 15 is 0 Å². The standard InChI is InChI=1S/C12H23NO3.C12H21NO3/c2*1-9-7-10(8-14)5-6-13(9)11(15)16-12(2,3)4/h9-10,14H,5-8H2,1-4H3;8-10H,5-7H2,1-4H3. The monoisotopic (exact) mass is 456 g/mol. The second-order valence-electron chi connectivity index (χ2n) is 11.0. The van der Waals surface area contributed by atoms with E-state index < -0.39 is 11.2 Å². The molecule has 2 aliphatic heterocycles. The van der Waals surface area contributed by atoms with E-state index in [1.165, 1.54) is 0 Å². The van der Waals surface area contributed by atoms with Gasteiger partial charge in [-0.2, -0.15) is 0 Å². The Balaban J connectivity index is 0.000000320. The van der Waals surface area contributed by atoms with Gasteiger partial charge in [-0.3, -0.25) is 0 Å². The molecule has 0 bridgehead atoms. The number of ether oxygens (including phenoxy) is 2. The number of carbonyl (C=O) groups excluding carboxylic acids is 3. The van der Waals surface area contributed by atoms with Crippen LogP contribution in [0.3, 0.4) is 0 Å². The average molecular weight is 457 g/mol. The second kappa shape index (κ2) is 11.9. The third-order valence-corrected chi connectivity index (χ3v) is 5.61. The van der Waals surface area contributed by atoms with Crippen molar-refractivity contribution in [1.82, 2.24) is 9.80 Å². The van der Waals surface area contributed by atoms with Crippen molar-refractivity contribution in [3.63, 3.8) is 0 Å². The SMILES string of the molecule is CC1CC(C=O)CCN1C(=O)OC(C)(C)C.CC1CC(CO)CCN1C(=O)OC(C)(C)C. The highest BCUT2D eigenvalue weighted by atomic mass is 16.6. The molecule has 186 valence electrons. The molecule has 0 aliphatic carbocycles. The third-order valence-electron chi connectivity index (χ3n) is 5.61. The molecule has 2 amide bonds. The lowest BCUT2D eigenvalue weighted by Crippen LogP contribution is -2.47. The molecule has 8 nitrogen and oxygen atoms in total. The number of carbonyl (C=O) groups is 3. The van der Waals surface area contributed by atoms with Gasteiger partial charge in [0.2, 0.25) is 0 Å². The minimum Gasteiger partial charge on any atom is -0.444 e. The summed E-state index contributed by atoms with van der Waals surface area (Å²) < 4.78 is 10.7. The molecule has 0 saturated carbocycles. The van der Waals surface area contributed by atoms with Gasteiger partial charge in [0.15, 0.2) is 0 Å². The summed E-state index contributed by atoms with van der Waals surface area (Å²) in [6.07, 6.45) is 3.68. The summed E-state index contributed by atoms with van der Waals surface area (Å²) in [5, 5.41) is 9.09. The quantitative estimate of drug-likeness (QED) is 0.625. The number of aliphatic hydroxyl groups is 1. The lowest BCUT2D eigenvalue weighted by Gasteiger charge is -2.37. The summed E-state index contributed by atoms with van der Waals surface area (Å²) >= 11 is 0. The first-order chi connectivity index (χ1) is 14.7. The zero-order valence-corrected chi connectivity index (χ0v) is 21.2. The van der Waals surface area contributed by atoms with Crippen molar-refractivity contribution in [1.29, 1.82) is 0 Å². The Kier molecular flexibility index (Phi) is 10.5. The van der Waals surface area contributed by atoms with E-state index in [0.29, 0.717) is 19.0 Å². The van der Waals surface area contributed by atoms with Gasteiger partial charge in [0, 0.05) is 37.7 Å². The van der Waals surface area contributed by atoms with Gasteiger partial charge in [-0.05, 0) is 87.0 Å². The van der Waals surface area contributed by atoms with Gasteiger partial charge in [0.25, 0.3) is 0 Å². The van der Waals surface area contributed by atoms with E-state index in [-0.39, 0.29) is 36.8 Å². The highest BCUT2D eigenvalue weighted by molar-refractivity contribution is 5.69. The molecule has 4 unspecified atom stereocenters. The fourth-order valence-corrected chi connectivity index (χ4v) is 3.95. The van der Waals surface area contributed by atoms with Gasteiger partial charge >= 0.3 is 12.2 Å². The summed E-state index contributed by atoms with van der Waals surface area (Å²) in [5.41, 5.74) is -0.900. The highest BCUT2D eigenvalue weighted by Gasteiger charge is 2.32. The molecule has 2 heterocycles. The molecule has 2 saturated heterocycles. The first kappa shape index (κ1) is 28.2. The highest BCUT2D eigenvalue weighted by Crippen LogP contribution is 2.25. The number of hydrogen-bond acceptors (Lipinski definition) is 6. The second-order valence-corrected chi connectivity index (χ2v) is 11.0. The number of hydrogen-bond donors (Lipinski definition) is 1. The van der Waals surface area contributed by atoms with Crippen LogP contribution < -0.4 is 0 Å². The fraction of sp³-hybridized carbons (Fsp3) is 0.875. The first-order valence-corrected chi connectivity index (χ1v) is 11.7. The van der Waals surface area contributed by atoms with E-state index in [2.05, 4.69) is 0 Å². The summed E-state index contributed by atoms with van der Waals surface area (Å²) in [5.74, 6) is 0.419. The number of aldehydes is 1. The molecular formula is C24H44N2O6. The zero-order valence-electron chi connectivity index (χ0n) is 21.2. The topological polar surface area (TPSA) is 96.4 Å². The van der Waals surface area contributed by atoms with Crippen LogP contribution in [0, 0.1) is 11.8 Å². The number of nitrogens with zero attached hydrogens (tertiary/aromatic N) is 2. The molecule has 1 N–H and O–H groups in total. The molecule has 0 aromatic heterocycles. The van der Waals surface area contributed by atoms with Crippen molar-refractivity contribution in [2.75, 3.05) is 19.7 Å². The molecule has 0 radical (unpaired) electrons. The number of likely N-dealkylation sites (tertiary alicyclic amines) is 2. The van der Waals surface area contributed by atoms with Crippen LogP contribution in [0.2, 0.25) is 0 Å². The minimum atomic E-state index is -0.460. The Morgan fingerprint density at radius 3 is 1.66 bits per heavy atom. The largest absolute Gasteiger partial charge is 0.444 e. The van der Waals surface area contributed by atoms with Gasteiger partial charge in [0.1, 0.15) is 17.5 Å². The molecule has 0 spiro atoms. The van der Waals surface area contributed by atoms with Gasteiger partial charge in [-0.25, -0.2) is 9.59 Å². The van der Waals surface area contributed by atoms with Crippen molar-refractivity contribution >= 4 is 18.5 Å². The van der Waals surface area contributed by atoms with E-state index in [1.54, 1.807) is 9.80 Å². The van der Waals surface area contributed by atoms with Gasteiger partial charge < -0.3 is 29.2 Å². The van der Waals surface area contributed by atoms with Crippen molar-refractivity contribution in [2.24, 2.45) is 11.8 Å². The van der Waals surface area contributed by atoms with Gasteiger partial charge in [-0.1, -0.05) is 0 Å². The van der Waals surface area contributed by atoms with Crippen molar-refractivity contribution < 1.29 is 29.0 Å². The summed E-state index contributed by atoms with van der Waals surface area (Å²) in [6.45, 7) is 16.6. The van der Waals surface area contributed by atoms with Crippen LogP contribution in [0.4, 0.5) is 9.59 Å². The van der Waals surface area contributed by atoms with E-state index in [0.717, 1.165) is 32.0 Å². The maximum Gasteiger partial charge on any atom is 0.410 e. The Hall–Kier alpha value is -1.83. The lowest BCUT2D eigenvalue weighted by atomic mass is 9.93. The van der Waals surface area contributed by atoms with Crippen LogP contribution in [0.5, 0.6) is 0 Å². The zero-order chi connectivity index (χ0) is 24.7. The van der Waals surface area contributed by atoms with Crippen molar-refractivity contribution in [3.8, 4) is 0 Å². The van der Waals surface area contributed by atoms with Crippen LogP contribution in [-0.2, 0) is 14.3 Å². The minimum absolute atomic E-state index is 0.0822. The molecule has 4 atom stereocenters. The lowest BCUT2D eigenvalue weighted by molar-refractivity contribution is -0.113. The van der Waals surface area contributed by atoms with Gasteiger partial charge in [0.05, 0.1) is 0 Å². The summed E-state index contributed by atoms with van der Waals surface area (Å²) in [7, 11) is 0. The number of piperidine rings is 2. The van der Waals surface area contributed by atoms with E-state index in [9.17, 15) is 14.4 Å². The molecule has 0 aromatic rings. The molecule has 8 heteroatoms. The Morgan fingerprint density at radius 2 is 1.31 bits per heavy atom. The third kappa shape index (κ3) is 9.76. The van der Waals surface area contributed by atoms with Crippen LogP contribution in [0.25, 0.3) is 0 Å². The van der Waals surface area contributed by atoms with Crippen molar-refractivity contribution in [2.45, 2.75) is 104 Å². The maximum absolute atomic E-state index is 11.9.